The highest BCUT2D eigenvalue weighted by atomic mass is 79.9. The van der Waals surface area contributed by atoms with Crippen LogP contribution in [-0.2, 0) is 9.59 Å². The lowest BCUT2D eigenvalue weighted by Crippen LogP contribution is -1.93. The van der Waals surface area contributed by atoms with Crippen molar-refractivity contribution in [2.24, 2.45) is 20.5 Å². The molecule has 10 nitrogen and oxygen atoms in total. The summed E-state index contributed by atoms with van der Waals surface area (Å²) >= 11 is 18.9. The highest BCUT2D eigenvalue weighted by Crippen LogP contribution is 2.41. The predicted molar refractivity (Wildman–Crippen MR) is 157 cm³/mol. The van der Waals surface area contributed by atoms with Gasteiger partial charge in [0.1, 0.15) is 0 Å². The molecule has 2 heterocycles. The van der Waals surface area contributed by atoms with Gasteiger partial charge in [0.05, 0.1) is 11.0 Å². The van der Waals surface area contributed by atoms with Crippen LogP contribution in [0.25, 0.3) is 21.8 Å². The molecule has 0 aliphatic carbocycles. The third-order valence-electron chi connectivity index (χ3n) is 5.86. The van der Waals surface area contributed by atoms with E-state index in [1.165, 1.54) is 0 Å². The van der Waals surface area contributed by atoms with Crippen LogP contribution in [-0.4, -0.2) is 32.0 Å². The molecule has 204 valence electrons. The highest BCUT2D eigenvalue weighted by Gasteiger charge is 2.15. The van der Waals surface area contributed by atoms with Crippen LogP contribution in [0.15, 0.2) is 53.7 Å². The summed E-state index contributed by atoms with van der Waals surface area (Å²) in [6.07, 6.45) is 4.10. The Kier molecular flexibility index (Phi) is 9.76. The minimum absolute atomic E-state index is 0.153. The molecule has 2 aromatic carbocycles. The zero-order valence-electron chi connectivity index (χ0n) is 20.3. The van der Waals surface area contributed by atoms with Crippen LogP contribution < -0.4 is 0 Å². The Labute approximate surface area is 249 Å². The molecule has 0 aliphatic rings. The maximum absolute atomic E-state index is 12.1. The van der Waals surface area contributed by atoms with E-state index in [0.717, 1.165) is 19.3 Å². The zero-order chi connectivity index (χ0) is 28.1. The number of nitrogens with one attached hydrogen (secondary N) is 2. The van der Waals surface area contributed by atoms with Gasteiger partial charge in [-0.25, -0.2) is 0 Å². The van der Waals surface area contributed by atoms with E-state index >= 15 is 0 Å². The number of H-pyrrole nitrogens is 2. The first-order valence-electron chi connectivity index (χ1n) is 11.9. The SMILES string of the molecule is O=C(CCCCCCCC(=O)N=Nc1c(O)[nH]c2c(Br)cc(Cl)cc12)N=Nc1c(O)[nH]c2c(Br)cc(Cl)cc12. The standard InChI is InChI=1S/C25H22Br2Cl2N6O4/c26-16-10-12(28)8-14-20(16)30-24(38)22(14)34-32-18(36)6-4-2-1-3-5-7-19(37)33-35-23-15-9-13(29)11-17(27)21(15)31-25(23)39/h8-11,30-31,38-39H,1-7H2. The third kappa shape index (κ3) is 7.24. The number of hydrogen-bond acceptors (Lipinski definition) is 6. The van der Waals surface area contributed by atoms with Crippen molar-refractivity contribution in [2.75, 3.05) is 0 Å². The number of amides is 2. The van der Waals surface area contributed by atoms with Crippen LogP contribution in [0.5, 0.6) is 11.8 Å². The Morgan fingerprint density at radius 1 is 0.692 bits per heavy atom. The number of aromatic nitrogens is 2. The van der Waals surface area contributed by atoms with Crippen molar-refractivity contribution in [1.82, 2.24) is 9.97 Å². The van der Waals surface area contributed by atoms with Gasteiger partial charge in [-0.15, -0.1) is 20.5 Å². The number of rotatable bonds is 10. The first-order chi connectivity index (χ1) is 18.6. The molecule has 0 spiro atoms. The van der Waals surface area contributed by atoms with Crippen molar-refractivity contribution in [3.63, 3.8) is 0 Å². The second-order valence-corrected chi connectivity index (χ2v) is 11.3. The van der Waals surface area contributed by atoms with E-state index in [4.69, 9.17) is 23.2 Å². The van der Waals surface area contributed by atoms with Gasteiger partial charge in [-0.1, -0.05) is 42.5 Å². The van der Waals surface area contributed by atoms with Crippen molar-refractivity contribution in [1.29, 1.82) is 0 Å². The normalized spacial score (nSPS) is 12.0. The average Bonchev–Trinajstić information content (AvgIpc) is 3.36. The zero-order valence-corrected chi connectivity index (χ0v) is 25.0. The Morgan fingerprint density at radius 3 is 1.49 bits per heavy atom. The predicted octanol–water partition coefficient (Wildman–Crippen LogP) is 9.54. The maximum atomic E-state index is 12.1. The third-order valence-corrected chi connectivity index (χ3v) is 7.55. The molecule has 4 aromatic rings. The minimum Gasteiger partial charge on any atom is -0.493 e. The minimum atomic E-state index is -0.394. The molecule has 0 saturated carbocycles. The number of benzene rings is 2. The summed E-state index contributed by atoms with van der Waals surface area (Å²) in [5, 5.41) is 37.5. The summed E-state index contributed by atoms with van der Waals surface area (Å²) in [7, 11) is 0. The van der Waals surface area contributed by atoms with Crippen LogP contribution in [0.1, 0.15) is 44.9 Å². The largest absolute Gasteiger partial charge is 0.493 e. The van der Waals surface area contributed by atoms with Crippen molar-refractivity contribution >= 4 is 100 Å². The van der Waals surface area contributed by atoms with Crippen molar-refractivity contribution in [3.05, 3.63) is 43.3 Å². The molecule has 0 atom stereocenters. The van der Waals surface area contributed by atoms with Crippen molar-refractivity contribution < 1.29 is 19.8 Å². The molecule has 0 saturated heterocycles. The molecule has 4 rings (SSSR count). The Morgan fingerprint density at radius 2 is 1.08 bits per heavy atom. The van der Waals surface area contributed by atoms with Gasteiger partial charge in [0.2, 0.25) is 11.8 Å². The lowest BCUT2D eigenvalue weighted by atomic mass is 10.1. The summed E-state index contributed by atoms with van der Waals surface area (Å²) in [6.45, 7) is 0. The van der Waals surface area contributed by atoms with Crippen molar-refractivity contribution in [3.8, 4) is 11.8 Å². The van der Waals surface area contributed by atoms with Crippen molar-refractivity contribution in [2.45, 2.75) is 44.9 Å². The van der Waals surface area contributed by atoms with E-state index in [0.29, 0.717) is 53.6 Å². The highest BCUT2D eigenvalue weighted by molar-refractivity contribution is 9.11. The van der Waals surface area contributed by atoms with Gasteiger partial charge in [0.15, 0.2) is 11.4 Å². The summed E-state index contributed by atoms with van der Waals surface area (Å²) in [4.78, 5) is 29.8. The summed E-state index contributed by atoms with van der Waals surface area (Å²) in [6, 6.07) is 6.62. The maximum Gasteiger partial charge on any atom is 0.264 e. The smallest absolute Gasteiger partial charge is 0.264 e. The number of hydrogen-bond donors (Lipinski definition) is 4. The van der Waals surface area contributed by atoms with E-state index in [9.17, 15) is 19.8 Å². The molecular formula is C25H22Br2Cl2N6O4. The fraction of sp³-hybridized carbons (Fsp3) is 0.280. The summed E-state index contributed by atoms with van der Waals surface area (Å²) in [5.74, 6) is -1.19. The van der Waals surface area contributed by atoms with Crippen LogP contribution in [0.4, 0.5) is 11.4 Å². The lowest BCUT2D eigenvalue weighted by molar-refractivity contribution is -0.119. The number of nitrogens with zero attached hydrogens (tertiary/aromatic N) is 4. The van der Waals surface area contributed by atoms with Gasteiger partial charge >= 0.3 is 0 Å². The Hall–Kier alpha value is -2.80. The number of carbonyl (C=O) groups excluding carboxylic acids is 2. The number of azo groups is 2. The van der Waals surface area contributed by atoms with E-state index in [1.54, 1.807) is 24.3 Å². The van der Waals surface area contributed by atoms with Crippen LogP contribution in [0, 0.1) is 0 Å². The first kappa shape index (κ1) is 29.2. The number of carbonyl (C=O) groups is 2. The molecule has 39 heavy (non-hydrogen) atoms. The average molecular weight is 701 g/mol. The van der Waals surface area contributed by atoms with Crippen LogP contribution in [0.3, 0.4) is 0 Å². The van der Waals surface area contributed by atoms with E-state index < -0.39 is 11.8 Å². The molecular weight excluding hydrogens is 679 g/mol. The Balaban J connectivity index is 1.17. The number of unbranched alkanes of at least 4 members (excludes halogenated alkanes) is 4. The molecule has 0 fully saturated rings. The number of aromatic amines is 2. The van der Waals surface area contributed by atoms with Gasteiger partial charge in [-0.3, -0.25) is 9.59 Å². The van der Waals surface area contributed by atoms with Crippen LogP contribution >= 0.6 is 55.1 Å². The first-order valence-corrected chi connectivity index (χ1v) is 14.3. The number of fused-ring (bicyclic) bond motifs is 2. The van der Waals surface area contributed by atoms with Gasteiger partial charge in [-0.05, 0) is 69.0 Å². The van der Waals surface area contributed by atoms with E-state index in [2.05, 4.69) is 62.3 Å². The molecule has 2 aromatic heterocycles. The molecule has 0 radical (unpaired) electrons. The summed E-state index contributed by atoms with van der Waals surface area (Å²) < 4.78 is 1.32. The van der Waals surface area contributed by atoms with Gasteiger partial charge in [0.25, 0.3) is 11.8 Å². The lowest BCUT2D eigenvalue weighted by Gasteiger charge is -1.99. The van der Waals surface area contributed by atoms with Gasteiger partial charge in [-0.2, -0.15) is 0 Å². The van der Waals surface area contributed by atoms with Gasteiger partial charge < -0.3 is 20.2 Å². The fourth-order valence-corrected chi connectivity index (χ4v) is 5.80. The fourth-order valence-electron chi connectivity index (χ4n) is 3.98. The molecule has 14 heteroatoms. The molecule has 4 N–H and O–H groups in total. The molecule has 0 bridgehead atoms. The molecule has 0 aliphatic heterocycles. The Bertz CT molecular complexity index is 1500. The molecule has 0 unspecified atom stereocenters. The summed E-state index contributed by atoms with van der Waals surface area (Å²) in [5.41, 5.74) is 1.51. The number of aromatic hydroxyl groups is 2. The van der Waals surface area contributed by atoms with E-state index in [-0.39, 0.29) is 36.0 Å². The topological polar surface area (TPSA) is 156 Å². The second-order valence-electron chi connectivity index (χ2n) is 8.72. The van der Waals surface area contributed by atoms with Gasteiger partial charge in [0, 0.05) is 42.6 Å². The monoisotopic (exact) mass is 698 g/mol. The van der Waals surface area contributed by atoms with Crippen LogP contribution in [0.2, 0.25) is 10.0 Å². The number of halogens is 4. The molecule has 2 amide bonds. The quantitative estimate of drug-likeness (QED) is 0.0960. The second kappa shape index (κ2) is 13.0. The van der Waals surface area contributed by atoms with E-state index in [1.807, 2.05) is 0 Å².